The number of hydrogen-bond donors (Lipinski definition) is 2. The average molecular weight is 622 g/mol. The molecule has 0 fully saturated rings. The maximum Gasteiger partial charge on any atom is 0.219 e. The van der Waals surface area contributed by atoms with E-state index in [4.69, 9.17) is 0 Å². The quantitative estimate of drug-likeness (QED) is 0.0684. The number of hydrogen-bond acceptors (Lipinski definition) is 3. The Balaban J connectivity index is 3.36. The minimum absolute atomic E-state index is 0.210. The molecule has 0 aromatic heterocycles. The topological polar surface area (TPSA) is 61.4 Å². The molecule has 5 nitrogen and oxygen atoms in total. The van der Waals surface area contributed by atoms with E-state index < -0.39 is 0 Å². The lowest BCUT2D eigenvalue weighted by atomic mass is 10.0. The van der Waals surface area contributed by atoms with Crippen LogP contribution in [0.2, 0.25) is 0 Å². The fourth-order valence-corrected chi connectivity index (χ4v) is 6.05. The Bertz CT molecular complexity index is 548. The molecular formula is C39H79N3O2. The lowest BCUT2D eigenvalue weighted by molar-refractivity contribution is -0.122. The van der Waals surface area contributed by atoms with Crippen molar-refractivity contribution < 1.29 is 9.59 Å². The van der Waals surface area contributed by atoms with Gasteiger partial charge in [0.2, 0.25) is 11.8 Å². The van der Waals surface area contributed by atoms with E-state index >= 15 is 0 Å². The van der Waals surface area contributed by atoms with Crippen LogP contribution in [-0.2, 0) is 9.59 Å². The van der Waals surface area contributed by atoms with Gasteiger partial charge in [-0.3, -0.25) is 9.59 Å². The molecule has 2 N–H and O–H groups in total. The summed E-state index contributed by atoms with van der Waals surface area (Å²) in [6.07, 6.45) is 38.0. The fourth-order valence-electron chi connectivity index (χ4n) is 6.05. The van der Waals surface area contributed by atoms with Crippen LogP contribution in [0.3, 0.4) is 0 Å². The molecule has 262 valence electrons. The molecule has 0 aromatic rings. The third-order valence-electron chi connectivity index (χ3n) is 9.09. The first kappa shape index (κ1) is 42.9. The van der Waals surface area contributed by atoms with Crippen LogP contribution in [0, 0.1) is 0 Å². The summed E-state index contributed by atoms with van der Waals surface area (Å²) in [5, 5.41) is 6.18. The summed E-state index contributed by atoms with van der Waals surface area (Å²) in [5.74, 6) is 0.420. The van der Waals surface area contributed by atoms with E-state index in [2.05, 4.69) is 36.4 Å². The van der Waals surface area contributed by atoms with Gasteiger partial charge in [-0.2, -0.15) is 0 Å². The van der Waals surface area contributed by atoms with Gasteiger partial charge in [0.05, 0.1) is 0 Å². The molecule has 0 bridgehead atoms. The molecule has 0 spiro atoms. The lowest BCUT2D eigenvalue weighted by Crippen LogP contribution is -2.30. The van der Waals surface area contributed by atoms with Crippen LogP contribution in [0.15, 0.2) is 0 Å². The van der Waals surface area contributed by atoms with Crippen molar-refractivity contribution >= 4 is 11.8 Å². The van der Waals surface area contributed by atoms with Crippen LogP contribution in [0.5, 0.6) is 0 Å². The normalized spacial score (nSPS) is 11.4. The SMILES string of the molecule is CCCCCCCCCCCCCCCC(=O)NCCCN(C)CCCNC(=O)CCCCCCCCCCCCCCC. The van der Waals surface area contributed by atoms with Crippen molar-refractivity contribution in [2.75, 3.05) is 33.2 Å². The molecule has 0 aliphatic carbocycles. The smallest absolute Gasteiger partial charge is 0.219 e. The first-order chi connectivity index (χ1) is 21.6. The van der Waals surface area contributed by atoms with Gasteiger partial charge in [-0.05, 0) is 45.8 Å². The highest BCUT2D eigenvalue weighted by atomic mass is 16.2. The average Bonchev–Trinajstić information content (AvgIpc) is 3.02. The van der Waals surface area contributed by atoms with Gasteiger partial charge in [0.25, 0.3) is 0 Å². The van der Waals surface area contributed by atoms with E-state index in [0.29, 0.717) is 12.8 Å². The Morgan fingerprint density at radius 3 is 0.909 bits per heavy atom. The van der Waals surface area contributed by atoms with Crippen LogP contribution < -0.4 is 10.6 Å². The standard InChI is InChI=1S/C39H79N3O2/c1-4-6-8-10-12-14-16-18-20-22-24-26-28-32-38(43)40-34-30-36-42(3)37-31-35-41-39(44)33-29-27-25-23-21-19-17-15-13-11-9-7-5-2/h4-37H2,1-3H3,(H,40,43)(H,41,44). The van der Waals surface area contributed by atoms with Crippen molar-refractivity contribution in [3.05, 3.63) is 0 Å². The zero-order valence-electron chi connectivity index (χ0n) is 30.3. The summed E-state index contributed by atoms with van der Waals surface area (Å²) < 4.78 is 0. The summed E-state index contributed by atoms with van der Waals surface area (Å²) in [7, 11) is 2.13. The number of rotatable bonds is 36. The van der Waals surface area contributed by atoms with E-state index in [1.807, 2.05) is 0 Å². The van der Waals surface area contributed by atoms with Crippen molar-refractivity contribution in [3.63, 3.8) is 0 Å². The van der Waals surface area contributed by atoms with E-state index in [1.165, 1.54) is 154 Å². The largest absolute Gasteiger partial charge is 0.356 e. The van der Waals surface area contributed by atoms with Crippen molar-refractivity contribution in [3.8, 4) is 0 Å². The van der Waals surface area contributed by atoms with Crippen molar-refractivity contribution in [1.29, 1.82) is 0 Å². The lowest BCUT2D eigenvalue weighted by Gasteiger charge is -2.16. The Morgan fingerprint density at radius 1 is 0.386 bits per heavy atom. The second kappa shape index (κ2) is 36.4. The molecule has 0 heterocycles. The molecule has 0 aromatic carbocycles. The summed E-state index contributed by atoms with van der Waals surface area (Å²) in [4.78, 5) is 26.5. The first-order valence-electron chi connectivity index (χ1n) is 19.8. The zero-order chi connectivity index (χ0) is 32.2. The summed E-state index contributed by atoms with van der Waals surface area (Å²) >= 11 is 0. The third kappa shape index (κ3) is 35.4. The van der Waals surface area contributed by atoms with Gasteiger partial charge in [0, 0.05) is 25.9 Å². The van der Waals surface area contributed by atoms with E-state index in [0.717, 1.165) is 51.9 Å². The monoisotopic (exact) mass is 622 g/mol. The van der Waals surface area contributed by atoms with Crippen LogP contribution in [0.25, 0.3) is 0 Å². The van der Waals surface area contributed by atoms with E-state index in [9.17, 15) is 9.59 Å². The maximum absolute atomic E-state index is 12.1. The molecule has 0 aliphatic rings. The minimum Gasteiger partial charge on any atom is -0.356 e. The highest BCUT2D eigenvalue weighted by molar-refractivity contribution is 5.76. The number of carbonyl (C=O) groups excluding carboxylic acids is 2. The van der Waals surface area contributed by atoms with Gasteiger partial charge in [-0.15, -0.1) is 0 Å². The number of nitrogens with one attached hydrogen (secondary N) is 2. The summed E-state index contributed by atoms with van der Waals surface area (Å²) in [6, 6.07) is 0. The molecule has 0 radical (unpaired) electrons. The Hall–Kier alpha value is -1.10. The number of carbonyl (C=O) groups is 2. The van der Waals surface area contributed by atoms with Crippen molar-refractivity contribution in [2.24, 2.45) is 0 Å². The van der Waals surface area contributed by atoms with Crippen molar-refractivity contribution in [1.82, 2.24) is 15.5 Å². The molecule has 0 atom stereocenters. The molecule has 0 saturated carbocycles. The van der Waals surface area contributed by atoms with Gasteiger partial charge >= 0.3 is 0 Å². The van der Waals surface area contributed by atoms with E-state index in [1.54, 1.807) is 0 Å². The van der Waals surface area contributed by atoms with Crippen LogP contribution in [-0.4, -0.2) is 49.9 Å². The summed E-state index contributed by atoms with van der Waals surface area (Å²) in [5.41, 5.74) is 0. The van der Waals surface area contributed by atoms with Gasteiger partial charge in [0.15, 0.2) is 0 Å². The molecule has 0 saturated heterocycles. The molecule has 0 unspecified atom stereocenters. The highest BCUT2D eigenvalue weighted by Crippen LogP contribution is 2.14. The van der Waals surface area contributed by atoms with Gasteiger partial charge in [0.1, 0.15) is 0 Å². The molecule has 0 rings (SSSR count). The molecule has 0 aliphatic heterocycles. The molecule has 2 amide bonds. The second-order valence-corrected chi connectivity index (χ2v) is 13.7. The Kier molecular flexibility index (Phi) is 35.5. The summed E-state index contributed by atoms with van der Waals surface area (Å²) in [6.45, 7) is 8.04. The van der Waals surface area contributed by atoms with Gasteiger partial charge in [-0.1, -0.05) is 168 Å². The fraction of sp³-hybridized carbons (Fsp3) is 0.949. The number of amides is 2. The minimum atomic E-state index is 0.210. The zero-order valence-corrected chi connectivity index (χ0v) is 30.3. The van der Waals surface area contributed by atoms with Gasteiger partial charge in [-0.25, -0.2) is 0 Å². The van der Waals surface area contributed by atoms with Crippen LogP contribution >= 0.6 is 0 Å². The van der Waals surface area contributed by atoms with E-state index in [-0.39, 0.29) is 11.8 Å². The van der Waals surface area contributed by atoms with Crippen molar-refractivity contribution in [2.45, 2.75) is 206 Å². The van der Waals surface area contributed by atoms with Gasteiger partial charge < -0.3 is 15.5 Å². The third-order valence-corrected chi connectivity index (χ3v) is 9.09. The molecule has 5 heteroatoms. The Labute approximate surface area is 276 Å². The number of unbranched alkanes of at least 4 members (excludes halogenated alkanes) is 24. The maximum atomic E-state index is 12.1. The molecule has 44 heavy (non-hydrogen) atoms. The first-order valence-corrected chi connectivity index (χ1v) is 19.8. The Morgan fingerprint density at radius 2 is 0.636 bits per heavy atom. The number of nitrogens with zero attached hydrogens (tertiary/aromatic N) is 1. The molecular weight excluding hydrogens is 542 g/mol. The second-order valence-electron chi connectivity index (χ2n) is 13.7. The van der Waals surface area contributed by atoms with Crippen LogP contribution in [0.4, 0.5) is 0 Å². The predicted molar refractivity (Wildman–Crippen MR) is 193 cm³/mol. The predicted octanol–water partition coefficient (Wildman–Crippen LogP) is 10.9. The van der Waals surface area contributed by atoms with Crippen LogP contribution in [0.1, 0.15) is 206 Å². The highest BCUT2D eigenvalue weighted by Gasteiger charge is 2.04.